The molecule has 0 aromatic heterocycles. The van der Waals surface area contributed by atoms with Crippen LogP contribution in [0.4, 0.5) is 0 Å². The highest BCUT2D eigenvalue weighted by atomic mass is 16.5. The molecule has 0 radical (unpaired) electrons. The van der Waals surface area contributed by atoms with Crippen LogP contribution in [0.1, 0.15) is 96.8 Å². The van der Waals surface area contributed by atoms with Crippen LogP contribution < -0.4 is 5.32 Å². The second-order valence-corrected chi connectivity index (χ2v) is 7.36. The average molecular weight is 296 g/mol. The topological polar surface area (TPSA) is 21.3 Å². The first-order chi connectivity index (χ1) is 10.3. The van der Waals surface area contributed by atoms with Gasteiger partial charge >= 0.3 is 0 Å². The van der Waals surface area contributed by atoms with Crippen LogP contribution in [0.5, 0.6) is 0 Å². The molecule has 124 valence electrons. The van der Waals surface area contributed by atoms with Crippen molar-refractivity contribution in [2.45, 2.75) is 108 Å². The van der Waals surface area contributed by atoms with Crippen molar-refractivity contribution < 1.29 is 4.74 Å². The summed E-state index contributed by atoms with van der Waals surface area (Å²) in [7, 11) is 0. The number of unbranched alkanes of at least 4 members (excludes halogenated alkanes) is 7. The van der Waals surface area contributed by atoms with Gasteiger partial charge in [-0.15, -0.1) is 0 Å². The third-order valence-electron chi connectivity index (χ3n) is 5.47. The van der Waals surface area contributed by atoms with Crippen molar-refractivity contribution >= 4 is 0 Å². The van der Waals surface area contributed by atoms with E-state index in [2.05, 4.69) is 12.2 Å². The molecule has 1 aliphatic carbocycles. The van der Waals surface area contributed by atoms with E-state index in [0.29, 0.717) is 0 Å². The van der Waals surface area contributed by atoms with Gasteiger partial charge in [0.05, 0.1) is 5.60 Å². The summed E-state index contributed by atoms with van der Waals surface area (Å²) in [6.45, 7) is 4.49. The predicted octanol–water partition coefficient (Wildman–Crippen LogP) is 5.21. The van der Waals surface area contributed by atoms with E-state index in [-0.39, 0.29) is 5.60 Å². The Morgan fingerprint density at radius 2 is 1.62 bits per heavy atom. The van der Waals surface area contributed by atoms with Gasteiger partial charge in [-0.1, -0.05) is 64.7 Å². The van der Waals surface area contributed by atoms with Crippen molar-refractivity contribution in [2.75, 3.05) is 13.2 Å². The lowest BCUT2D eigenvalue weighted by atomic mass is 9.89. The minimum Gasteiger partial charge on any atom is -0.375 e. The second kappa shape index (κ2) is 9.84. The zero-order valence-electron chi connectivity index (χ0n) is 14.3. The molecule has 1 spiro atoms. The number of hydrogen-bond donors (Lipinski definition) is 1. The van der Waals surface area contributed by atoms with Crippen LogP contribution in [0.15, 0.2) is 0 Å². The molecule has 2 nitrogen and oxygen atoms in total. The third kappa shape index (κ3) is 6.28. The van der Waals surface area contributed by atoms with Crippen molar-refractivity contribution in [2.24, 2.45) is 0 Å². The molecule has 0 aromatic carbocycles. The van der Waals surface area contributed by atoms with Gasteiger partial charge < -0.3 is 10.1 Å². The first-order valence-corrected chi connectivity index (χ1v) is 9.72. The van der Waals surface area contributed by atoms with E-state index >= 15 is 0 Å². The standard InChI is InChI=1S/C19H37NO/c1-2-3-4-5-6-7-8-11-15-20-18-12-16-21-19(17-18)13-9-10-14-19/h18,20H,2-17H2,1H3. The lowest BCUT2D eigenvalue weighted by Crippen LogP contribution is -2.45. The first-order valence-electron chi connectivity index (χ1n) is 9.72. The average Bonchev–Trinajstić information content (AvgIpc) is 2.93. The highest BCUT2D eigenvalue weighted by Gasteiger charge is 2.39. The quantitative estimate of drug-likeness (QED) is 0.559. The Morgan fingerprint density at radius 3 is 2.33 bits per heavy atom. The van der Waals surface area contributed by atoms with E-state index in [4.69, 9.17) is 4.74 Å². The summed E-state index contributed by atoms with van der Waals surface area (Å²) in [5.74, 6) is 0. The van der Waals surface area contributed by atoms with Gasteiger partial charge in [-0.3, -0.25) is 0 Å². The van der Waals surface area contributed by atoms with E-state index in [1.54, 1.807) is 0 Å². The zero-order chi connectivity index (χ0) is 14.8. The molecule has 2 heteroatoms. The zero-order valence-corrected chi connectivity index (χ0v) is 14.3. The molecule has 2 fully saturated rings. The number of nitrogens with one attached hydrogen (secondary N) is 1. The first kappa shape index (κ1) is 17.3. The van der Waals surface area contributed by atoms with Crippen molar-refractivity contribution in [3.8, 4) is 0 Å². The molecule has 2 rings (SSSR count). The SMILES string of the molecule is CCCCCCCCCCNC1CCOC2(CCCC2)C1. The minimum atomic E-state index is 0.273. The molecule has 1 unspecified atom stereocenters. The molecular weight excluding hydrogens is 258 g/mol. The minimum absolute atomic E-state index is 0.273. The van der Waals surface area contributed by atoms with E-state index < -0.39 is 0 Å². The normalized spacial score (nSPS) is 24.7. The monoisotopic (exact) mass is 295 g/mol. The molecule has 0 amide bonds. The van der Waals surface area contributed by atoms with E-state index in [1.165, 1.54) is 96.4 Å². The number of ether oxygens (including phenoxy) is 1. The van der Waals surface area contributed by atoms with E-state index in [1.807, 2.05) is 0 Å². The maximum atomic E-state index is 6.11. The summed E-state index contributed by atoms with van der Waals surface area (Å²) in [5, 5.41) is 3.80. The Bertz CT molecular complexity index is 260. The highest BCUT2D eigenvalue weighted by molar-refractivity contribution is 4.93. The van der Waals surface area contributed by atoms with E-state index in [0.717, 1.165) is 12.6 Å². The smallest absolute Gasteiger partial charge is 0.0697 e. The van der Waals surface area contributed by atoms with Gasteiger partial charge in [-0.05, 0) is 38.6 Å². The molecule has 21 heavy (non-hydrogen) atoms. The molecule has 0 aromatic rings. The van der Waals surface area contributed by atoms with Gasteiger partial charge in [0.15, 0.2) is 0 Å². The summed E-state index contributed by atoms with van der Waals surface area (Å²) in [5.41, 5.74) is 0.273. The van der Waals surface area contributed by atoms with Gasteiger partial charge in [-0.25, -0.2) is 0 Å². The Morgan fingerprint density at radius 1 is 0.952 bits per heavy atom. The fraction of sp³-hybridized carbons (Fsp3) is 1.00. The van der Waals surface area contributed by atoms with Gasteiger partial charge in [0.25, 0.3) is 0 Å². The lowest BCUT2D eigenvalue weighted by Gasteiger charge is -2.38. The van der Waals surface area contributed by atoms with Crippen LogP contribution in [-0.4, -0.2) is 24.8 Å². The summed E-state index contributed by atoms with van der Waals surface area (Å²) < 4.78 is 6.11. The van der Waals surface area contributed by atoms with Crippen LogP contribution in [0.2, 0.25) is 0 Å². The van der Waals surface area contributed by atoms with Gasteiger partial charge in [0.2, 0.25) is 0 Å². The number of rotatable bonds is 10. The van der Waals surface area contributed by atoms with Crippen molar-refractivity contribution in [3.05, 3.63) is 0 Å². The maximum Gasteiger partial charge on any atom is 0.0697 e. The molecule has 1 saturated carbocycles. The molecule has 0 bridgehead atoms. The van der Waals surface area contributed by atoms with Crippen molar-refractivity contribution in [1.82, 2.24) is 5.32 Å². The Hall–Kier alpha value is -0.0800. The molecule has 1 aliphatic heterocycles. The van der Waals surface area contributed by atoms with E-state index in [9.17, 15) is 0 Å². The molecule has 1 atom stereocenters. The van der Waals surface area contributed by atoms with Crippen molar-refractivity contribution in [3.63, 3.8) is 0 Å². The fourth-order valence-electron chi connectivity index (χ4n) is 4.13. The van der Waals surface area contributed by atoms with Gasteiger partial charge in [0, 0.05) is 12.6 Å². The maximum absolute atomic E-state index is 6.11. The highest BCUT2D eigenvalue weighted by Crippen LogP contribution is 2.39. The summed E-state index contributed by atoms with van der Waals surface area (Å²) in [6, 6.07) is 0.724. The predicted molar refractivity (Wildman–Crippen MR) is 90.8 cm³/mol. The molecule has 2 aliphatic rings. The Balaban J connectivity index is 1.45. The molecule has 1 heterocycles. The lowest BCUT2D eigenvalue weighted by molar-refractivity contribution is -0.0835. The fourth-order valence-corrected chi connectivity index (χ4v) is 4.13. The number of hydrogen-bond acceptors (Lipinski definition) is 2. The van der Waals surface area contributed by atoms with Crippen LogP contribution in [0.25, 0.3) is 0 Å². The van der Waals surface area contributed by atoms with Crippen LogP contribution in [-0.2, 0) is 4.74 Å². The van der Waals surface area contributed by atoms with Crippen LogP contribution in [0, 0.1) is 0 Å². The molecular formula is C19H37NO. The second-order valence-electron chi connectivity index (χ2n) is 7.36. The Labute approximate surface area is 132 Å². The third-order valence-corrected chi connectivity index (χ3v) is 5.47. The Kier molecular flexibility index (Phi) is 8.10. The molecule has 1 N–H and O–H groups in total. The van der Waals surface area contributed by atoms with Crippen molar-refractivity contribution in [1.29, 1.82) is 0 Å². The molecule has 1 saturated heterocycles. The van der Waals surface area contributed by atoms with Gasteiger partial charge in [0.1, 0.15) is 0 Å². The summed E-state index contributed by atoms with van der Waals surface area (Å²) in [6.07, 6.45) is 19.2. The largest absolute Gasteiger partial charge is 0.375 e. The van der Waals surface area contributed by atoms with Crippen LogP contribution in [0.3, 0.4) is 0 Å². The van der Waals surface area contributed by atoms with Crippen LogP contribution >= 0.6 is 0 Å². The summed E-state index contributed by atoms with van der Waals surface area (Å²) in [4.78, 5) is 0. The van der Waals surface area contributed by atoms with Gasteiger partial charge in [-0.2, -0.15) is 0 Å². The summed E-state index contributed by atoms with van der Waals surface area (Å²) >= 11 is 0.